The summed E-state index contributed by atoms with van der Waals surface area (Å²) in [7, 11) is 0. The van der Waals surface area contributed by atoms with Gasteiger partial charge in [-0.05, 0) is 102 Å². The highest BCUT2D eigenvalue weighted by Gasteiger charge is 2.18. The molecule has 0 saturated heterocycles. The Morgan fingerprint density at radius 2 is 1.02 bits per heavy atom. The third-order valence-electron chi connectivity index (χ3n) is 8.31. The third kappa shape index (κ3) is 3.08. The van der Waals surface area contributed by atoms with Crippen LogP contribution < -0.4 is 0 Å². The smallest absolute Gasteiger partial charge is 0.136 e. The van der Waals surface area contributed by atoms with Gasteiger partial charge in [0.25, 0.3) is 0 Å². The van der Waals surface area contributed by atoms with Gasteiger partial charge in [-0.25, -0.2) is 0 Å². The Kier molecular flexibility index (Phi) is 4.55. The topological polar surface area (TPSA) is 13.1 Å². The number of thiophene rings is 1. The maximum absolute atomic E-state index is 6.46. The zero-order valence-corrected chi connectivity index (χ0v) is 22.3. The van der Waals surface area contributed by atoms with Crippen LogP contribution in [0.1, 0.15) is 0 Å². The predicted molar refractivity (Wildman–Crippen MR) is 172 cm³/mol. The molecule has 2 heterocycles. The van der Waals surface area contributed by atoms with Crippen molar-refractivity contribution in [3.8, 4) is 22.3 Å². The second-order valence-electron chi connectivity index (χ2n) is 10.5. The summed E-state index contributed by atoms with van der Waals surface area (Å²) < 4.78 is 7.75. The zero-order chi connectivity index (χ0) is 26.2. The van der Waals surface area contributed by atoms with Gasteiger partial charge in [0.1, 0.15) is 11.2 Å². The summed E-state index contributed by atoms with van der Waals surface area (Å²) in [5.74, 6) is 0. The Morgan fingerprint density at radius 3 is 1.75 bits per heavy atom. The molecule has 9 aromatic rings. The molecular formula is C38H22OS. The molecule has 0 N–H and O–H groups in total. The predicted octanol–water partition coefficient (Wildman–Crippen LogP) is 11.6. The van der Waals surface area contributed by atoms with Crippen LogP contribution in [-0.4, -0.2) is 0 Å². The lowest BCUT2D eigenvalue weighted by Gasteiger charge is -2.18. The van der Waals surface area contributed by atoms with Crippen molar-refractivity contribution >= 4 is 75.7 Å². The Hall–Kier alpha value is -4.92. The van der Waals surface area contributed by atoms with Crippen LogP contribution in [0.5, 0.6) is 0 Å². The summed E-state index contributed by atoms with van der Waals surface area (Å²) in [6.07, 6.45) is 0. The van der Waals surface area contributed by atoms with Crippen molar-refractivity contribution in [2.45, 2.75) is 0 Å². The van der Waals surface area contributed by atoms with Crippen LogP contribution in [0.15, 0.2) is 137 Å². The molecule has 0 spiro atoms. The fourth-order valence-corrected chi connectivity index (χ4v) is 7.49. The molecule has 2 aromatic heterocycles. The Labute approximate surface area is 234 Å². The van der Waals surface area contributed by atoms with E-state index in [4.69, 9.17) is 4.42 Å². The fraction of sp³-hybridized carbons (Fsp3) is 0. The Balaban J connectivity index is 1.36. The van der Waals surface area contributed by atoms with Gasteiger partial charge in [0.05, 0.1) is 0 Å². The van der Waals surface area contributed by atoms with Crippen LogP contribution in [0.25, 0.3) is 86.6 Å². The molecule has 0 aliphatic heterocycles. The molecule has 186 valence electrons. The summed E-state index contributed by atoms with van der Waals surface area (Å²) in [5.41, 5.74) is 6.82. The quantitative estimate of drug-likeness (QED) is 0.204. The highest BCUT2D eigenvalue weighted by Crippen LogP contribution is 2.45. The van der Waals surface area contributed by atoms with Crippen molar-refractivity contribution in [2.75, 3.05) is 0 Å². The van der Waals surface area contributed by atoms with E-state index < -0.39 is 0 Å². The number of furan rings is 1. The fourth-order valence-electron chi connectivity index (χ4n) is 6.54. The first kappa shape index (κ1) is 22.0. The van der Waals surface area contributed by atoms with Gasteiger partial charge in [-0.15, -0.1) is 11.3 Å². The van der Waals surface area contributed by atoms with Crippen LogP contribution in [0.2, 0.25) is 0 Å². The molecule has 0 radical (unpaired) electrons. The summed E-state index contributed by atoms with van der Waals surface area (Å²) >= 11 is 1.78. The van der Waals surface area contributed by atoms with Crippen LogP contribution in [0, 0.1) is 0 Å². The summed E-state index contributed by atoms with van der Waals surface area (Å²) in [6, 6.07) is 46.3. The van der Waals surface area contributed by atoms with Gasteiger partial charge in [-0.2, -0.15) is 0 Å². The molecule has 0 fully saturated rings. The van der Waals surface area contributed by atoms with E-state index in [0.29, 0.717) is 0 Å². The molecule has 0 amide bonds. The minimum atomic E-state index is 0.931. The maximum atomic E-state index is 6.46. The van der Waals surface area contributed by atoms with Crippen LogP contribution in [0.3, 0.4) is 0 Å². The minimum Gasteiger partial charge on any atom is -0.456 e. The van der Waals surface area contributed by atoms with E-state index in [1.165, 1.54) is 75.4 Å². The first-order chi connectivity index (χ1) is 19.8. The number of benzene rings is 7. The first-order valence-corrected chi connectivity index (χ1v) is 14.5. The van der Waals surface area contributed by atoms with E-state index >= 15 is 0 Å². The van der Waals surface area contributed by atoms with Crippen molar-refractivity contribution in [1.82, 2.24) is 0 Å². The minimum absolute atomic E-state index is 0.931. The molecule has 1 nitrogen and oxygen atoms in total. The first-order valence-electron chi connectivity index (χ1n) is 13.6. The van der Waals surface area contributed by atoms with Crippen molar-refractivity contribution < 1.29 is 4.42 Å². The van der Waals surface area contributed by atoms with Gasteiger partial charge in [-0.3, -0.25) is 0 Å². The van der Waals surface area contributed by atoms with Crippen LogP contribution in [0.4, 0.5) is 0 Å². The monoisotopic (exact) mass is 526 g/mol. The van der Waals surface area contributed by atoms with E-state index in [1.54, 1.807) is 11.3 Å². The average molecular weight is 527 g/mol. The highest BCUT2D eigenvalue weighted by molar-refractivity contribution is 7.18. The highest BCUT2D eigenvalue weighted by atomic mass is 32.1. The van der Waals surface area contributed by atoms with Gasteiger partial charge in [0.2, 0.25) is 0 Å². The van der Waals surface area contributed by atoms with Gasteiger partial charge < -0.3 is 4.42 Å². The van der Waals surface area contributed by atoms with E-state index in [2.05, 4.69) is 133 Å². The second-order valence-corrected chi connectivity index (χ2v) is 11.4. The van der Waals surface area contributed by atoms with Crippen molar-refractivity contribution in [2.24, 2.45) is 0 Å². The van der Waals surface area contributed by atoms with Crippen molar-refractivity contribution in [1.29, 1.82) is 0 Å². The van der Waals surface area contributed by atoms with Crippen LogP contribution in [-0.2, 0) is 0 Å². The number of fused-ring (bicyclic) bond motifs is 8. The molecule has 9 rings (SSSR count). The number of hydrogen-bond donors (Lipinski definition) is 0. The van der Waals surface area contributed by atoms with Gasteiger partial charge in [0, 0.05) is 15.5 Å². The Bertz CT molecular complexity index is 2380. The van der Waals surface area contributed by atoms with Gasteiger partial charge in [-0.1, -0.05) is 91.0 Å². The number of rotatable bonds is 2. The van der Waals surface area contributed by atoms with Crippen molar-refractivity contribution in [3.63, 3.8) is 0 Å². The van der Waals surface area contributed by atoms with E-state index in [1.807, 2.05) is 0 Å². The third-order valence-corrected chi connectivity index (χ3v) is 9.26. The van der Waals surface area contributed by atoms with E-state index in [0.717, 1.165) is 11.2 Å². The van der Waals surface area contributed by atoms with Crippen molar-refractivity contribution in [3.05, 3.63) is 133 Å². The molecule has 2 heteroatoms. The zero-order valence-electron chi connectivity index (χ0n) is 21.5. The number of hydrogen-bond acceptors (Lipinski definition) is 2. The normalized spacial score (nSPS) is 12.0. The largest absolute Gasteiger partial charge is 0.456 e. The maximum Gasteiger partial charge on any atom is 0.136 e. The molecule has 0 aliphatic carbocycles. The molecule has 0 saturated carbocycles. The lowest BCUT2D eigenvalue weighted by atomic mass is 9.85. The molecule has 40 heavy (non-hydrogen) atoms. The van der Waals surface area contributed by atoms with E-state index in [9.17, 15) is 0 Å². The lowest BCUT2D eigenvalue weighted by Crippen LogP contribution is -1.91. The molecular weight excluding hydrogens is 504 g/mol. The second kappa shape index (κ2) is 8.29. The van der Waals surface area contributed by atoms with Gasteiger partial charge in [0.15, 0.2) is 0 Å². The average Bonchev–Trinajstić information content (AvgIpc) is 3.63. The molecule has 0 aliphatic rings. The molecule has 0 unspecified atom stereocenters. The molecule has 0 atom stereocenters. The lowest BCUT2D eigenvalue weighted by molar-refractivity contribution is 0.669. The standard InChI is InChI=1S/C38H22OS/c1-2-8-25-21-26(14-13-23(25)7-1)35-28-9-3-5-11-30(28)36(31-12-6-4-10-29(31)35)27-15-17-32-34(22-27)39-33-18-16-24-19-20-40-38(24)37(32)33/h1-22H. The molecule has 7 aromatic carbocycles. The van der Waals surface area contributed by atoms with E-state index in [-0.39, 0.29) is 0 Å². The SMILES string of the molecule is c1ccc2cc(-c3c4ccccc4c(-c4ccc5c(c4)oc4ccc6ccsc6c45)c4ccccc34)ccc2c1. The van der Waals surface area contributed by atoms with Gasteiger partial charge >= 0.3 is 0 Å². The molecule has 0 bridgehead atoms. The Morgan fingerprint density at radius 1 is 0.425 bits per heavy atom. The summed E-state index contributed by atoms with van der Waals surface area (Å²) in [5, 5.41) is 13.4. The summed E-state index contributed by atoms with van der Waals surface area (Å²) in [4.78, 5) is 0. The summed E-state index contributed by atoms with van der Waals surface area (Å²) in [6.45, 7) is 0. The van der Waals surface area contributed by atoms with Crippen LogP contribution >= 0.6 is 11.3 Å².